The third-order valence-corrected chi connectivity index (χ3v) is 8.75. The number of aryl methyl sites for hydroxylation is 1. The molecule has 0 fully saturated rings. The van der Waals surface area contributed by atoms with E-state index in [0.717, 1.165) is 12.2 Å². The van der Waals surface area contributed by atoms with Crippen molar-refractivity contribution in [2.24, 2.45) is 0 Å². The zero-order valence-electron chi connectivity index (χ0n) is 25.3. The van der Waals surface area contributed by atoms with Gasteiger partial charge in [0.1, 0.15) is 5.75 Å². The molecule has 0 aliphatic heterocycles. The smallest absolute Gasteiger partial charge is 0.497 e. The number of benzene rings is 1. The van der Waals surface area contributed by atoms with Crippen LogP contribution >= 0.6 is 0 Å². The number of allylic oxidation sites excluding steroid dienone is 4. The molecule has 0 amide bonds. The maximum absolute atomic E-state index is 5.95. The second-order valence-electron chi connectivity index (χ2n) is 13.6. The first-order valence-corrected chi connectivity index (χ1v) is 22.6. The van der Waals surface area contributed by atoms with Crippen molar-refractivity contribution in [2.45, 2.75) is 106 Å². The molecule has 0 saturated heterocycles. The quantitative estimate of drug-likeness (QED) is 0.272. The Bertz CT molecular complexity index is 837. The Hall–Kier alpha value is 0.0208. The Morgan fingerprint density at radius 2 is 1.26 bits per heavy atom. The van der Waals surface area contributed by atoms with Gasteiger partial charge in [0.05, 0.1) is 7.11 Å². The maximum Gasteiger partial charge on any atom is 3.00 e. The van der Waals surface area contributed by atoms with Gasteiger partial charge in [0.15, 0.2) is 0 Å². The summed E-state index contributed by atoms with van der Waals surface area (Å²) in [7, 11) is -1.69. The van der Waals surface area contributed by atoms with E-state index in [0.29, 0.717) is 0 Å². The number of hydrogen-bond donors (Lipinski definition) is 0. The molecule has 34 heavy (non-hydrogen) atoms. The summed E-state index contributed by atoms with van der Waals surface area (Å²) in [5, 5.41) is 3.02. The van der Waals surface area contributed by atoms with Crippen LogP contribution in [0.1, 0.15) is 52.2 Å². The fraction of sp³-hybridized carbons (Fsp3) is 0.586. The van der Waals surface area contributed by atoms with E-state index in [1.54, 1.807) is 5.20 Å². The van der Waals surface area contributed by atoms with Crippen LogP contribution in [-0.4, -0.2) is 31.3 Å². The normalized spacial score (nSPS) is 14.3. The minimum absolute atomic E-state index is 0. The van der Waals surface area contributed by atoms with Crippen molar-refractivity contribution in [3.8, 4) is 5.75 Å². The van der Waals surface area contributed by atoms with E-state index in [-0.39, 0.29) is 31.3 Å². The van der Waals surface area contributed by atoms with Gasteiger partial charge in [0.2, 0.25) is 0 Å². The molecule has 1 aromatic carbocycles. The van der Waals surface area contributed by atoms with Gasteiger partial charge in [-0.25, -0.2) is 16.8 Å². The van der Waals surface area contributed by atoms with Crippen LogP contribution in [0.25, 0.3) is 0 Å². The topological polar surface area (TPSA) is 9.23 Å². The third-order valence-electron chi connectivity index (χ3n) is 4.97. The molecule has 0 aromatic heterocycles. The Balaban J connectivity index is 0. The van der Waals surface area contributed by atoms with E-state index < -0.39 is 24.2 Å². The van der Waals surface area contributed by atoms with Gasteiger partial charge in [0.25, 0.3) is 0 Å². The fourth-order valence-electron chi connectivity index (χ4n) is 3.70. The van der Waals surface area contributed by atoms with Crippen molar-refractivity contribution >= 4 is 29.4 Å². The van der Waals surface area contributed by atoms with Crippen molar-refractivity contribution in [3.63, 3.8) is 0 Å². The first-order chi connectivity index (χ1) is 14.5. The first kappa shape index (κ1) is 36.2. The predicted molar refractivity (Wildman–Crippen MR) is 161 cm³/mol. The van der Waals surface area contributed by atoms with E-state index in [9.17, 15) is 0 Å². The van der Waals surface area contributed by atoms with E-state index in [2.05, 4.69) is 125 Å². The van der Waals surface area contributed by atoms with Gasteiger partial charge in [-0.05, 0) is 23.1 Å². The van der Waals surface area contributed by atoms with Crippen molar-refractivity contribution in [1.82, 2.24) is 0 Å². The minimum atomic E-state index is -1.79. The molecule has 2 rings (SSSR count). The summed E-state index contributed by atoms with van der Waals surface area (Å²) >= 11 is 0. The molecular formula is C29H53OScSi3. The van der Waals surface area contributed by atoms with E-state index in [4.69, 9.17) is 4.74 Å². The Morgan fingerprint density at radius 1 is 0.853 bits per heavy atom. The van der Waals surface area contributed by atoms with E-state index in [1.807, 2.05) is 7.11 Å². The Morgan fingerprint density at radius 3 is 1.56 bits per heavy atom. The van der Waals surface area contributed by atoms with Gasteiger partial charge < -0.3 is 17.8 Å². The molecule has 0 heterocycles. The number of ether oxygens (including phenoxy) is 1. The molecule has 190 valence electrons. The zero-order chi connectivity index (χ0) is 26.6. The fourth-order valence-corrected chi connectivity index (χ4v) is 7.13. The number of rotatable bonds is 3. The van der Waals surface area contributed by atoms with Gasteiger partial charge in [-0.2, -0.15) is 5.57 Å². The Labute approximate surface area is 236 Å². The molecule has 1 aliphatic rings. The summed E-state index contributed by atoms with van der Waals surface area (Å²) < 4.78 is 5.95. The monoisotopic (exact) mass is 546 g/mol. The van der Waals surface area contributed by atoms with Crippen LogP contribution in [0.3, 0.4) is 0 Å². The molecule has 0 bridgehead atoms. The number of methoxy groups -OCH3 is 1. The van der Waals surface area contributed by atoms with Crippen LogP contribution in [0.5, 0.6) is 5.75 Å². The average Bonchev–Trinajstić information content (AvgIpc) is 2.89. The summed E-state index contributed by atoms with van der Waals surface area (Å²) in [6.07, 6.45) is 4.61. The summed E-state index contributed by atoms with van der Waals surface area (Å²) in [6, 6.07) is 4.65. The molecule has 0 unspecified atom stereocenters. The van der Waals surface area contributed by atoms with Crippen LogP contribution in [0.15, 0.2) is 28.5 Å². The van der Waals surface area contributed by atoms with Gasteiger partial charge in [0, 0.05) is 8.07 Å². The van der Waals surface area contributed by atoms with Crippen LogP contribution < -0.4 is 9.92 Å². The largest absolute Gasteiger partial charge is 3.00 e. The molecule has 5 heteroatoms. The van der Waals surface area contributed by atoms with Gasteiger partial charge in [-0.1, -0.05) is 111 Å². The van der Waals surface area contributed by atoms with Gasteiger partial charge in [-0.15, -0.1) is 16.1 Å². The first-order valence-electron chi connectivity index (χ1n) is 12.2. The van der Waals surface area contributed by atoms with Gasteiger partial charge >= 0.3 is 25.8 Å². The second kappa shape index (κ2) is 13.5. The number of hydrogen-bond acceptors (Lipinski definition) is 1. The van der Waals surface area contributed by atoms with Crippen LogP contribution in [0, 0.1) is 26.1 Å². The molecular weight excluding hydrogens is 494 g/mol. The standard InChI is InChI=1S/C21H31OSi.2C4H11Si.Sc/c1-14-10-16(3)18(12-14)23(8,9)19-13-15(2)11-17(20(19)22-7)21(4,5)6;2*1-5(2,3)4;/h11,13H,12H2,1-9H3;2*1H2,2-4H3;/q3*-1;+3. The SMILES string of the molecule is COc1c(C(C)(C)C)cc(C)cc1[Si](C)(C)C1=C(C)[C-]=C(C)C1.[CH2-][Si](C)(C)C.[CH2-][Si](C)(C)C.[Sc+3]. The molecule has 1 nitrogen and oxygen atoms in total. The maximum atomic E-state index is 5.95. The van der Waals surface area contributed by atoms with E-state index >= 15 is 0 Å². The molecule has 1 aromatic rings. The van der Waals surface area contributed by atoms with Crippen molar-refractivity contribution in [2.75, 3.05) is 7.11 Å². The van der Waals surface area contributed by atoms with Gasteiger partial charge in [-0.3, -0.25) is 0 Å². The summed E-state index contributed by atoms with van der Waals surface area (Å²) in [4.78, 5) is 0. The minimum Gasteiger partial charge on any atom is -0.497 e. The van der Waals surface area contributed by atoms with Crippen molar-refractivity contribution in [3.05, 3.63) is 58.8 Å². The molecule has 0 N–H and O–H groups in total. The summed E-state index contributed by atoms with van der Waals surface area (Å²) in [5.74, 6) is 1.10. The van der Waals surface area contributed by atoms with Crippen molar-refractivity contribution in [1.29, 1.82) is 0 Å². The Kier molecular flexibility index (Phi) is 14.4. The van der Waals surface area contributed by atoms with Crippen LogP contribution in [-0.2, 0) is 31.3 Å². The molecule has 0 spiro atoms. The van der Waals surface area contributed by atoms with Crippen molar-refractivity contribution < 1.29 is 30.6 Å². The molecule has 0 saturated carbocycles. The van der Waals surface area contributed by atoms with Crippen LogP contribution in [0.4, 0.5) is 0 Å². The second-order valence-corrected chi connectivity index (χ2v) is 28.2. The average molecular weight is 547 g/mol. The van der Waals surface area contributed by atoms with E-state index in [1.165, 1.54) is 27.5 Å². The third kappa shape index (κ3) is 13.4. The summed E-state index contributed by atoms with van der Waals surface area (Å²) in [6.45, 7) is 39.4. The molecule has 0 radical (unpaired) electrons. The molecule has 1 aliphatic carbocycles. The molecule has 0 atom stereocenters. The summed E-state index contributed by atoms with van der Waals surface area (Å²) in [5.41, 5.74) is 5.44. The van der Waals surface area contributed by atoms with Crippen LogP contribution in [0.2, 0.25) is 52.4 Å². The zero-order valence-corrected chi connectivity index (χ0v) is 30.1. The predicted octanol–water partition coefficient (Wildman–Crippen LogP) is 8.62.